The molecular weight excluding hydrogens is 242 g/mol. The van der Waals surface area contributed by atoms with Gasteiger partial charge in [0.25, 0.3) is 5.91 Å². The van der Waals surface area contributed by atoms with E-state index in [4.69, 9.17) is 5.11 Å². The normalized spacial score (nSPS) is 21.4. The van der Waals surface area contributed by atoms with Crippen molar-refractivity contribution in [2.75, 3.05) is 32.8 Å². The molecule has 3 rings (SSSR count). The molecule has 0 aliphatic carbocycles. The smallest absolute Gasteiger partial charge is 0.270 e. The van der Waals surface area contributed by atoms with Gasteiger partial charge in [-0.1, -0.05) is 0 Å². The van der Waals surface area contributed by atoms with E-state index in [-0.39, 0.29) is 18.4 Å². The second kappa shape index (κ2) is 5.35. The maximum Gasteiger partial charge on any atom is 0.270 e. The number of hydrogen-bond donors (Lipinski definition) is 2. The number of aromatic nitrogens is 1. The van der Waals surface area contributed by atoms with Crippen molar-refractivity contribution < 1.29 is 9.90 Å². The number of aliphatic hydroxyl groups is 1. The van der Waals surface area contributed by atoms with Gasteiger partial charge in [-0.05, 0) is 38.1 Å². The summed E-state index contributed by atoms with van der Waals surface area (Å²) < 4.78 is 2.13. The highest BCUT2D eigenvalue weighted by molar-refractivity contribution is 5.93. The van der Waals surface area contributed by atoms with E-state index in [1.807, 2.05) is 23.2 Å². The van der Waals surface area contributed by atoms with Crippen LogP contribution in [0.3, 0.4) is 0 Å². The van der Waals surface area contributed by atoms with Crippen LogP contribution in [-0.2, 0) is 0 Å². The van der Waals surface area contributed by atoms with Crippen LogP contribution in [0.5, 0.6) is 0 Å². The average Bonchev–Trinajstić information content (AvgIpc) is 2.87. The molecule has 104 valence electrons. The van der Waals surface area contributed by atoms with E-state index in [0.29, 0.717) is 19.1 Å². The summed E-state index contributed by atoms with van der Waals surface area (Å²) in [4.78, 5) is 14.2. The first-order valence-corrected chi connectivity index (χ1v) is 7.07. The summed E-state index contributed by atoms with van der Waals surface area (Å²) in [6.45, 7) is 3.60. The minimum Gasteiger partial charge on any atom is -0.396 e. The molecule has 1 aromatic rings. The lowest BCUT2D eigenvalue weighted by atomic mass is 10.0. The third kappa shape index (κ3) is 2.40. The molecular formula is C14H21N3O2. The van der Waals surface area contributed by atoms with Gasteiger partial charge in [0.15, 0.2) is 0 Å². The lowest BCUT2D eigenvalue weighted by molar-refractivity contribution is 0.0349. The Balaban J connectivity index is 1.71. The Kier molecular flexibility index (Phi) is 3.57. The Hall–Kier alpha value is -1.33. The first kappa shape index (κ1) is 12.7. The van der Waals surface area contributed by atoms with Gasteiger partial charge in [0, 0.05) is 37.9 Å². The Morgan fingerprint density at radius 3 is 2.79 bits per heavy atom. The summed E-state index contributed by atoms with van der Waals surface area (Å²) in [5, 5.41) is 12.4. The van der Waals surface area contributed by atoms with E-state index >= 15 is 0 Å². The largest absolute Gasteiger partial charge is 0.396 e. The number of piperidine rings is 1. The van der Waals surface area contributed by atoms with Crippen LogP contribution in [-0.4, -0.2) is 53.3 Å². The van der Waals surface area contributed by atoms with Crippen LogP contribution < -0.4 is 5.32 Å². The van der Waals surface area contributed by atoms with E-state index in [1.165, 1.54) is 0 Å². The van der Waals surface area contributed by atoms with E-state index in [9.17, 15) is 4.79 Å². The number of rotatable bonds is 3. The van der Waals surface area contributed by atoms with Gasteiger partial charge in [-0.2, -0.15) is 0 Å². The van der Waals surface area contributed by atoms with Crippen molar-refractivity contribution in [2.24, 2.45) is 5.92 Å². The quantitative estimate of drug-likeness (QED) is 0.834. The maximum absolute atomic E-state index is 12.4. The molecule has 5 nitrogen and oxygen atoms in total. The second-order valence-corrected chi connectivity index (χ2v) is 5.54. The van der Waals surface area contributed by atoms with Crippen molar-refractivity contribution in [3.63, 3.8) is 0 Å². The number of amides is 1. The molecule has 2 aliphatic heterocycles. The maximum atomic E-state index is 12.4. The molecule has 0 atom stereocenters. The number of nitrogens with zero attached hydrogens (tertiary/aromatic N) is 2. The highest BCUT2D eigenvalue weighted by atomic mass is 16.3. The second-order valence-electron chi connectivity index (χ2n) is 5.54. The highest BCUT2D eigenvalue weighted by Crippen LogP contribution is 2.24. The Bertz CT molecular complexity index is 445. The van der Waals surface area contributed by atoms with E-state index in [0.717, 1.165) is 31.6 Å². The van der Waals surface area contributed by atoms with Crippen molar-refractivity contribution in [2.45, 2.75) is 18.9 Å². The molecule has 0 unspecified atom stereocenters. The molecule has 0 saturated carbocycles. The van der Waals surface area contributed by atoms with Crippen molar-refractivity contribution in [3.8, 4) is 0 Å². The topological polar surface area (TPSA) is 57.5 Å². The minimum atomic E-state index is 0.105. The van der Waals surface area contributed by atoms with Gasteiger partial charge in [-0.25, -0.2) is 0 Å². The summed E-state index contributed by atoms with van der Waals surface area (Å²) in [6, 6.07) is 4.31. The fourth-order valence-corrected chi connectivity index (χ4v) is 2.99. The van der Waals surface area contributed by atoms with Crippen LogP contribution in [0.4, 0.5) is 0 Å². The van der Waals surface area contributed by atoms with Crippen molar-refractivity contribution in [1.82, 2.24) is 14.8 Å². The van der Waals surface area contributed by atoms with Crippen LogP contribution >= 0.6 is 0 Å². The van der Waals surface area contributed by atoms with Crippen LogP contribution in [0, 0.1) is 5.92 Å². The molecule has 3 heterocycles. The third-order valence-corrected chi connectivity index (χ3v) is 4.20. The lowest BCUT2D eigenvalue weighted by Crippen LogP contribution is -2.51. The average molecular weight is 263 g/mol. The van der Waals surface area contributed by atoms with E-state index in [1.54, 1.807) is 0 Å². The molecule has 2 fully saturated rings. The highest BCUT2D eigenvalue weighted by Gasteiger charge is 2.32. The van der Waals surface area contributed by atoms with Gasteiger partial charge in [0.1, 0.15) is 5.69 Å². The van der Waals surface area contributed by atoms with Crippen molar-refractivity contribution in [1.29, 1.82) is 0 Å². The molecule has 0 radical (unpaired) electrons. The van der Waals surface area contributed by atoms with Crippen LogP contribution in [0.2, 0.25) is 0 Å². The Morgan fingerprint density at radius 2 is 2.11 bits per heavy atom. The summed E-state index contributed by atoms with van der Waals surface area (Å²) in [7, 11) is 0. The molecule has 1 amide bonds. The molecule has 0 bridgehead atoms. The number of aliphatic hydroxyl groups excluding tert-OH is 1. The fraction of sp³-hybridized carbons (Fsp3) is 0.643. The van der Waals surface area contributed by atoms with Crippen LogP contribution in [0.25, 0.3) is 0 Å². The van der Waals surface area contributed by atoms with E-state index < -0.39 is 0 Å². The predicted molar refractivity (Wildman–Crippen MR) is 72.1 cm³/mol. The van der Waals surface area contributed by atoms with Gasteiger partial charge >= 0.3 is 0 Å². The van der Waals surface area contributed by atoms with Crippen molar-refractivity contribution >= 4 is 5.91 Å². The SMILES string of the molecule is O=C(c1cccn1C1CCNCC1)N1CC(CO)C1. The number of carbonyl (C=O) groups excluding carboxylic acids is 1. The zero-order valence-corrected chi connectivity index (χ0v) is 11.1. The molecule has 19 heavy (non-hydrogen) atoms. The summed E-state index contributed by atoms with van der Waals surface area (Å²) in [5.41, 5.74) is 0.795. The van der Waals surface area contributed by atoms with Gasteiger partial charge in [0.05, 0.1) is 0 Å². The van der Waals surface area contributed by atoms with E-state index in [2.05, 4.69) is 9.88 Å². The van der Waals surface area contributed by atoms with Gasteiger partial charge in [0.2, 0.25) is 0 Å². The first-order valence-electron chi connectivity index (χ1n) is 7.07. The van der Waals surface area contributed by atoms with Gasteiger partial charge < -0.3 is 19.9 Å². The molecule has 0 spiro atoms. The molecule has 5 heteroatoms. The molecule has 0 aromatic carbocycles. The first-order chi connectivity index (χ1) is 9.29. The van der Waals surface area contributed by atoms with Crippen molar-refractivity contribution in [3.05, 3.63) is 24.0 Å². The Labute approximate surface area is 113 Å². The van der Waals surface area contributed by atoms with Crippen LogP contribution in [0.15, 0.2) is 18.3 Å². The Morgan fingerprint density at radius 1 is 1.37 bits per heavy atom. The number of likely N-dealkylation sites (tertiary alicyclic amines) is 1. The number of nitrogens with one attached hydrogen (secondary N) is 1. The fourth-order valence-electron chi connectivity index (χ4n) is 2.99. The van der Waals surface area contributed by atoms with Crippen LogP contribution in [0.1, 0.15) is 29.4 Å². The molecule has 1 aromatic heterocycles. The standard InChI is InChI=1S/C14H21N3O2/c18-10-11-8-16(9-11)14(19)13-2-1-7-17(13)12-3-5-15-6-4-12/h1-2,7,11-12,15,18H,3-6,8-10H2. The van der Waals surface area contributed by atoms with Gasteiger partial charge in [-0.15, -0.1) is 0 Å². The number of hydrogen-bond acceptors (Lipinski definition) is 3. The minimum absolute atomic E-state index is 0.105. The lowest BCUT2D eigenvalue weighted by Gasteiger charge is -2.38. The zero-order chi connectivity index (χ0) is 13.2. The number of carbonyl (C=O) groups is 1. The predicted octanol–water partition coefficient (Wildman–Crippen LogP) is 0.477. The molecule has 2 N–H and O–H groups in total. The summed E-state index contributed by atoms with van der Waals surface area (Å²) in [6.07, 6.45) is 4.18. The zero-order valence-electron chi connectivity index (χ0n) is 11.1. The third-order valence-electron chi connectivity index (χ3n) is 4.20. The summed E-state index contributed by atoms with van der Waals surface area (Å²) in [5.74, 6) is 0.375. The molecule has 2 saturated heterocycles. The van der Waals surface area contributed by atoms with Gasteiger partial charge in [-0.3, -0.25) is 4.79 Å². The summed E-state index contributed by atoms with van der Waals surface area (Å²) >= 11 is 0. The monoisotopic (exact) mass is 263 g/mol. The molecule has 2 aliphatic rings.